The van der Waals surface area contributed by atoms with Crippen molar-refractivity contribution < 1.29 is 5.11 Å². The molecule has 0 aliphatic carbocycles. The molecule has 1 heterocycles. The fourth-order valence-electron chi connectivity index (χ4n) is 2.29. The number of rotatable bonds is 2. The van der Waals surface area contributed by atoms with Gasteiger partial charge in [-0.2, -0.15) is 0 Å². The maximum atomic E-state index is 9.85. The first-order valence-electron chi connectivity index (χ1n) is 6.11. The van der Waals surface area contributed by atoms with Crippen LogP contribution >= 0.6 is 0 Å². The second-order valence-corrected chi connectivity index (χ2v) is 4.99. The highest BCUT2D eigenvalue weighted by Gasteiger charge is 2.24. The van der Waals surface area contributed by atoms with Gasteiger partial charge in [-0.3, -0.25) is 4.90 Å². The van der Waals surface area contributed by atoms with E-state index in [0.29, 0.717) is 5.92 Å². The monoisotopic (exact) mass is 219 g/mol. The molecule has 1 saturated heterocycles. The minimum atomic E-state index is -0.155. The molecule has 0 radical (unpaired) electrons. The molecule has 0 saturated carbocycles. The third kappa shape index (κ3) is 2.63. The quantitative estimate of drug-likeness (QED) is 0.824. The van der Waals surface area contributed by atoms with Gasteiger partial charge in [0.1, 0.15) is 0 Å². The van der Waals surface area contributed by atoms with Gasteiger partial charge in [0.05, 0.1) is 6.10 Å². The van der Waals surface area contributed by atoms with Crippen molar-refractivity contribution in [1.29, 1.82) is 0 Å². The molecule has 1 aliphatic rings. The van der Waals surface area contributed by atoms with E-state index in [9.17, 15) is 5.11 Å². The van der Waals surface area contributed by atoms with Gasteiger partial charge in [-0.25, -0.2) is 0 Å². The maximum absolute atomic E-state index is 9.85. The molecule has 0 aromatic heterocycles. The second-order valence-electron chi connectivity index (χ2n) is 4.99. The van der Waals surface area contributed by atoms with Crippen molar-refractivity contribution in [2.24, 2.45) is 5.92 Å². The van der Waals surface area contributed by atoms with Crippen molar-refractivity contribution in [2.75, 3.05) is 13.1 Å². The van der Waals surface area contributed by atoms with E-state index in [1.165, 1.54) is 11.1 Å². The predicted molar refractivity (Wildman–Crippen MR) is 66.2 cm³/mol. The van der Waals surface area contributed by atoms with Crippen molar-refractivity contribution in [1.82, 2.24) is 4.90 Å². The molecule has 1 aromatic rings. The highest BCUT2D eigenvalue weighted by molar-refractivity contribution is 5.25. The smallest absolute Gasteiger partial charge is 0.0693 e. The van der Waals surface area contributed by atoms with E-state index in [1.807, 2.05) is 0 Å². The number of piperidine rings is 1. The molecule has 2 rings (SSSR count). The standard InChI is InChI=1S/C14H21NO/c1-11-5-3-4-6-13(11)9-15-8-7-12(2)14(16)10-15/h3-6,12,14,16H,7-10H2,1-2H3. The zero-order valence-corrected chi connectivity index (χ0v) is 10.2. The number of hydrogen-bond donors (Lipinski definition) is 1. The van der Waals surface area contributed by atoms with Crippen molar-refractivity contribution in [3.63, 3.8) is 0 Å². The molecule has 2 atom stereocenters. The van der Waals surface area contributed by atoms with Crippen molar-refractivity contribution in [3.8, 4) is 0 Å². The molecule has 0 bridgehead atoms. The molecular formula is C14H21NO. The summed E-state index contributed by atoms with van der Waals surface area (Å²) in [6, 6.07) is 8.50. The van der Waals surface area contributed by atoms with Crippen LogP contribution in [0.3, 0.4) is 0 Å². The zero-order valence-electron chi connectivity index (χ0n) is 10.2. The molecule has 1 aliphatic heterocycles. The summed E-state index contributed by atoms with van der Waals surface area (Å²) in [4.78, 5) is 2.35. The molecule has 0 amide bonds. The number of aliphatic hydroxyl groups excluding tert-OH is 1. The Labute approximate surface area is 97.9 Å². The summed E-state index contributed by atoms with van der Waals surface area (Å²) in [6.07, 6.45) is 0.949. The number of aryl methyl sites for hydroxylation is 1. The summed E-state index contributed by atoms with van der Waals surface area (Å²) in [5.74, 6) is 0.452. The van der Waals surface area contributed by atoms with Crippen LogP contribution in [0.2, 0.25) is 0 Å². The van der Waals surface area contributed by atoms with Crippen molar-refractivity contribution in [2.45, 2.75) is 32.9 Å². The predicted octanol–water partition coefficient (Wildman–Crippen LogP) is 2.20. The summed E-state index contributed by atoms with van der Waals surface area (Å²) < 4.78 is 0. The van der Waals surface area contributed by atoms with Crippen LogP contribution in [0.5, 0.6) is 0 Å². The van der Waals surface area contributed by atoms with Crippen LogP contribution in [-0.4, -0.2) is 29.2 Å². The first-order valence-corrected chi connectivity index (χ1v) is 6.11. The van der Waals surface area contributed by atoms with Gasteiger partial charge in [0, 0.05) is 13.1 Å². The van der Waals surface area contributed by atoms with Gasteiger partial charge >= 0.3 is 0 Å². The Kier molecular flexibility index (Phi) is 3.62. The van der Waals surface area contributed by atoms with Crippen molar-refractivity contribution in [3.05, 3.63) is 35.4 Å². The van der Waals surface area contributed by atoms with Crippen LogP contribution in [0.25, 0.3) is 0 Å². The Bertz CT molecular complexity index is 350. The Balaban J connectivity index is 1.98. The summed E-state index contributed by atoms with van der Waals surface area (Å²) in [6.45, 7) is 7.17. The van der Waals surface area contributed by atoms with Gasteiger partial charge in [0.25, 0.3) is 0 Å². The second kappa shape index (κ2) is 4.98. The van der Waals surface area contributed by atoms with Crippen LogP contribution in [0.15, 0.2) is 24.3 Å². The molecule has 0 spiro atoms. The van der Waals surface area contributed by atoms with E-state index in [1.54, 1.807) is 0 Å². The third-order valence-corrected chi connectivity index (χ3v) is 3.66. The summed E-state index contributed by atoms with van der Waals surface area (Å²) >= 11 is 0. The third-order valence-electron chi connectivity index (χ3n) is 3.66. The average Bonchev–Trinajstić information content (AvgIpc) is 2.27. The van der Waals surface area contributed by atoms with Gasteiger partial charge in [-0.1, -0.05) is 31.2 Å². The summed E-state index contributed by atoms with van der Waals surface area (Å²) in [5, 5.41) is 9.85. The lowest BCUT2D eigenvalue weighted by atomic mass is 9.95. The highest BCUT2D eigenvalue weighted by atomic mass is 16.3. The zero-order chi connectivity index (χ0) is 11.5. The van der Waals surface area contributed by atoms with E-state index in [0.717, 1.165) is 26.1 Å². The molecule has 2 unspecified atom stereocenters. The Hall–Kier alpha value is -0.860. The molecule has 1 N–H and O–H groups in total. The van der Waals surface area contributed by atoms with Crippen LogP contribution in [0.4, 0.5) is 0 Å². The fraction of sp³-hybridized carbons (Fsp3) is 0.571. The lowest BCUT2D eigenvalue weighted by Gasteiger charge is -2.34. The van der Waals surface area contributed by atoms with Gasteiger partial charge in [-0.15, -0.1) is 0 Å². The number of benzene rings is 1. The minimum Gasteiger partial charge on any atom is -0.392 e. The Morgan fingerprint density at radius 3 is 2.81 bits per heavy atom. The van der Waals surface area contributed by atoms with Crippen LogP contribution in [0, 0.1) is 12.8 Å². The summed E-state index contributed by atoms with van der Waals surface area (Å²) in [5.41, 5.74) is 2.72. The molecule has 1 fully saturated rings. The van der Waals surface area contributed by atoms with Gasteiger partial charge in [0.2, 0.25) is 0 Å². The van der Waals surface area contributed by atoms with Gasteiger partial charge in [-0.05, 0) is 36.9 Å². The number of likely N-dealkylation sites (tertiary alicyclic amines) is 1. The molecule has 2 nitrogen and oxygen atoms in total. The number of hydrogen-bond acceptors (Lipinski definition) is 2. The van der Waals surface area contributed by atoms with E-state index in [-0.39, 0.29) is 6.10 Å². The molecule has 16 heavy (non-hydrogen) atoms. The maximum Gasteiger partial charge on any atom is 0.0693 e. The minimum absolute atomic E-state index is 0.155. The lowest BCUT2D eigenvalue weighted by molar-refractivity contribution is 0.0258. The van der Waals surface area contributed by atoms with Crippen LogP contribution < -0.4 is 0 Å². The first kappa shape index (κ1) is 11.6. The highest BCUT2D eigenvalue weighted by Crippen LogP contribution is 2.19. The van der Waals surface area contributed by atoms with Crippen LogP contribution in [-0.2, 0) is 6.54 Å². The Morgan fingerprint density at radius 1 is 1.38 bits per heavy atom. The van der Waals surface area contributed by atoms with E-state index < -0.39 is 0 Å². The molecule has 88 valence electrons. The molecular weight excluding hydrogens is 198 g/mol. The lowest BCUT2D eigenvalue weighted by Crippen LogP contribution is -2.42. The van der Waals surface area contributed by atoms with E-state index >= 15 is 0 Å². The van der Waals surface area contributed by atoms with Crippen molar-refractivity contribution >= 4 is 0 Å². The fourth-order valence-corrected chi connectivity index (χ4v) is 2.29. The molecule has 2 heteroatoms. The number of β-amino-alcohol motifs (C(OH)–C–C–N with tert-alkyl or cyclic N) is 1. The largest absolute Gasteiger partial charge is 0.392 e. The van der Waals surface area contributed by atoms with Gasteiger partial charge in [0.15, 0.2) is 0 Å². The van der Waals surface area contributed by atoms with Gasteiger partial charge < -0.3 is 5.11 Å². The number of aliphatic hydroxyl groups is 1. The Morgan fingerprint density at radius 2 is 2.12 bits per heavy atom. The summed E-state index contributed by atoms with van der Waals surface area (Å²) in [7, 11) is 0. The molecule has 1 aromatic carbocycles. The van der Waals surface area contributed by atoms with Crippen LogP contribution in [0.1, 0.15) is 24.5 Å². The van der Waals surface area contributed by atoms with E-state index in [4.69, 9.17) is 0 Å². The topological polar surface area (TPSA) is 23.5 Å². The average molecular weight is 219 g/mol. The SMILES string of the molecule is Cc1ccccc1CN1CCC(C)C(O)C1. The number of nitrogens with zero attached hydrogens (tertiary/aromatic N) is 1. The first-order chi connectivity index (χ1) is 7.66. The van der Waals surface area contributed by atoms with E-state index in [2.05, 4.69) is 43.0 Å². The normalized spacial score (nSPS) is 26.9.